The minimum absolute atomic E-state index is 0. The lowest BCUT2D eigenvalue weighted by Gasteiger charge is -1.88. The molecule has 0 aromatic heterocycles. The Balaban J connectivity index is -0.000000162. The summed E-state index contributed by atoms with van der Waals surface area (Å²) < 4.78 is 4.44. The molecule has 0 rings (SSSR count). The molecule has 0 aliphatic rings. The van der Waals surface area contributed by atoms with E-state index in [1.165, 1.54) is 13.2 Å². The molecule has 0 spiro atoms. The van der Waals surface area contributed by atoms with Crippen LogP contribution >= 0.6 is 0 Å². The fraction of sp³-hybridized carbons (Fsp3) is 0.381. The molecule has 0 heterocycles. The molecule has 0 aliphatic heterocycles. The van der Waals surface area contributed by atoms with Crippen molar-refractivity contribution in [2.75, 3.05) is 7.11 Å². The second-order valence-electron chi connectivity index (χ2n) is 4.15. The summed E-state index contributed by atoms with van der Waals surface area (Å²) in [5, 5.41) is 0. The van der Waals surface area contributed by atoms with Crippen molar-refractivity contribution in [3.63, 3.8) is 0 Å². The number of carbonyl (C=O) groups excluding carboxylic acids is 3. The second-order valence-corrected chi connectivity index (χ2v) is 4.15. The fourth-order valence-electron chi connectivity index (χ4n) is 1.18. The van der Waals surface area contributed by atoms with Crippen LogP contribution in [-0.2, 0) is 19.1 Å². The van der Waals surface area contributed by atoms with Gasteiger partial charge in [0.05, 0.1) is 7.11 Å². The molecule has 0 amide bonds. The first kappa shape index (κ1) is 30.4. The molecule has 0 aromatic carbocycles. The molecular weight excluding hydrogens is 316 g/mol. The highest BCUT2D eigenvalue weighted by Crippen LogP contribution is 1.93. The van der Waals surface area contributed by atoms with Crippen molar-refractivity contribution in [2.24, 2.45) is 0 Å². The smallest absolute Gasteiger partial charge is 0.330 e. The van der Waals surface area contributed by atoms with Crippen molar-refractivity contribution < 1.29 is 19.1 Å². The Morgan fingerprint density at radius 2 is 1.28 bits per heavy atom. The Kier molecular flexibility index (Phi) is 40.4. The van der Waals surface area contributed by atoms with E-state index >= 15 is 0 Å². The van der Waals surface area contributed by atoms with E-state index in [0.717, 1.165) is 25.5 Å². The van der Waals surface area contributed by atoms with Gasteiger partial charge in [-0.1, -0.05) is 62.1 Å². The number of methoxy groups -OCH3 is 1. The topological polar surface area (TPSA) is 60.4 Å². The van der Waals surface area contributed by atoms with E-state index in [9.17, 15) is 9.59 Å². The quantitative estimate of drug-likeness (QED) is 0.189. The average molecular weight is 350 g/mol. The Labute approximate surface area is 153 Å². The first-order valence-corrected chi connectivity index (χ1v) is 7.75. The third-order valence-electron chi connectivity index (χ3n) is 2.29. The van der Waals surface area contributed by atoms with E-state index in [1.54, 1.807) is 0 Å². The summed E-state index contributed by atoms with van der Waals surface area (Å²) >= 11 is 0. The van der Waals surface area contributed by atoms with Crippen molar-refractivity contribution in [2.45, 2.75) is 47.0 Å². The summed E-state index contributed by atoms with van der Waals surface area (Å²) in [7, 11) is 1.37. The third kappa shape index (κ3) is 38.9. The lowest BCUT2D eigenvalue weighted by molar-refractivity contribution is -0.134. The lowest BCUT2D eigenvalue weighted by Crippen LogP contribution is -1.93. The molecule has 0 fully saturated rings. The minimum Gasteiger partial charge on any atom is -0.466 e. The molecule has 0 atom stereocenters. The minimum atomic E-state index is -0.294. The summed E-state index contributed by atoms with van der Waals surface area (Å²) in [6.07, 6.45) is 23.3. The standard InChI is InChI=1S/C11H16O2.C8H12O.CH2O.CH4/c1-3-4-5-6-7-8-9-10-11(12)13-2;1-2-3-4-5-6-7-8-9;1-2;/h3-6,9-10H,7-8H2,1-2H3;2-5,8H,6-7H2,1H3;1H2;1H4/b4-3+,6-5-,10-9+;3-2+,5-4-;;. The van der Waals surface area contributed by atoms with Crippen LogP contribution in [0.5, 0.6) is 0 Å². The van der Waals surface area contributed by atoms with Crippen LogP contribution in [0.4, 0.5) is 0 Å². The number of ether oxygens (including phenoxy) is 1. The molecule has 0 saturated carbocycles. The van der Waals surface area contributed by atoms with Crippen LogP contribution in [0, 0.1) is 0 Å². The molecule has 0 saturated heterocycles. The molecule has 0 aliphatic carbocycles. The van der Waals surface area contributed by atoms with Gasteiger partial charge in [-0.3, -0.25) is 0 Å². The Morgan fingerprint density at radius 3 is 1.68 bits per heavy atom. The molecule has 25 heavy (non-hydrogen) atoms. The van der Waals surface area contributed by atoms with Crippen molar-refractivity contribution in [3.05, 3.63) is 60.8 Å². The number of esters is 1. The summed E-state index contributed by atoms with van der Waals surface area (Å²) in [4.78, 5) is 28.4. The van der Waals surface area contributed by atoms with Gasteiger partial charge in [-0.25, -0.2) is 4.79 Å². The molecule has 142 valence electrons. The van der Waals surface area contributed by atoms with Crippen LogP contribution < -0.4 is 0 Å². The Hall–Kier alpha value is -2.49. The van der Waals surface area contributed by atoms with Crippen LogP contribution in [-0.4, -0.2) is 26.2 Å². The van der Waals surface area contributed by atoms with E-state index in [-0.39, 0.29) is 13.4 Å². The van der Waals surface area contributed by atoms with Crippen molar-refractivity contribution in [1.29, 1.82) is 0 Å². The van der Waals surface area contributed by atoms with Crippen molar-refractivity contribution >= 4 is 19.0 Å². The van der Waals surface area contributed by atoms with Crippen LogP contribution in [0.25, 0.3) is 0 Å². The maximum atomic E-state index is 10.6. The zero-order valence-electron chi connectivity index (χ0n) is 15.0. The van der Waals surface area contributed by atoms with E-state index < -0.39 is 0 Å². The van der Waals surface area contributed by atoms with Crippen LogP contribution in [0.1, 0.15) is 47.0 Å². The number of rotatable bonds is 9. The van der Waals surface area contributed by atoms with Gasteiger partial charge in [0.1, 0.15) is 13.1 Å². The largest absolute Gasteiger partial charge is 0.466 e. The number of hydrogen-bond donors (Lipinski definition) is 0. The van der Waals surface area contributed by atoms with Crippen LogP contribution in [0.3, 0.4) is 0 Å². The van der Waals surface area contributed by atoms with Crippen LogP contribution in [0.2, 0.25) is 0 Å². The highest BCUT2D eigenvalue weighted by Gasteiger charge is 1.87. The summed E-state index contributed by atoms with van der Waals surface area (Å²) in [6, 6.07) is 0. The first-order chi connectivity index (χ1) is 11.7. The summed E-state index contributed by atoms with van der Waals surface area (Å²) in [5.74, 6) is -0.294. The van der Waals surface area contributed by atoms with E-state index in [2.05, 4.69) is 10.8 Å². The number of aldehydes is 1. The number of allylic oxidation sites excluding steroid dienone is 9. The number of carbonyl (C=O) groups is 3. The zero-order valence-corrected chi connectivity index (χ0v) is 15.0. The predicted molar refractivity (Wildman–Crippen MR) is 107 cm³/mol. The first-order valence-electron chi connectivity index (χ1n) is 7.75. The van der Waals surface area contributed by atoms with Gasteiger partial charge < -0.3 is 14.3 Å². The average Bonchev–Trinajstić information content (AvgIpc) is 2.63. The SMILES string of the molecule is C.C/C=C/C=C\CC/C=C/C(=O)OC.C/C=C/C=C\CCC=O.C=O. The van der Waals surface area contributed by atoms with Gasteiger partial charge in [0.25, 0.3) is 0 Å². The highest BCUT2D eigenvalue weighted by atomic mass is 16.5. The highest BCUT2D eigenvalue weighted by molar-refractivity contribution is 5.81. The molecular formula is C21H34O4. The van der Waals surface area contributed by atoms with Crippen molar-refractivity contribution in [1.82, 2.24) is 0 Å². The van der Waals surface area contributed by atoms with Gasteiger partial charge in [0.2, 0.25) is 0 Å². The van der Waals surface area contributed by atoms with E-state index in [1.807, 2.05) is 69.2 Å². The Bertz CT molecular complexity index is 416. The summed E-state index contributed by atoms with van der Waals surface area (Å²) in [5.41, 5.74) is 0. The molecule has 4 nitrogen and oxygen atoms in total. The molecule has 0 unspecified atom stereocenters. The van der Waals surface area contributed by atoms with Gasteiger partial charge in [0, 0.05) is 12.5 Å². The second kappa shape index (κ2) is 33.2. The van der Waals surface area contributed by atoms with Gasteiger partial charge in [0.15, 0.2) is 0 Å². The number of unbranched alkanes of at least 4 members (excludes halogenated alkanes) is 2. The number of hydrogen-bond acceptors (Lipinski definition) is 4. The van der Waals surface area contributed by atoms with Gasteiger partial charge in [-0.05, 0) is 33.1 Å². The monoisotopic (exact) mass is 350 g/mol. The normalized spacial score (nSPS) is 10.4. The molecule has 4 heteroatoms. The predicted octanol–water partition coefficient (Wildman–Crippen LogP) is 5.18. The molecule has 0 radical (unpaired) electrons. The summed E-state index contributed by atoms with van der Waals surface area (Å²) in [6.45, 7) is 5.94. The maximum absolute atomic E-state index is 10.6. The third-order valence-corrected chi connectivity index (χ3v) is 2.29. The van der Waals surface area contributed by atoms with Gasteiger partial charge >= 0.3 is 5.97 Å². The lowest BCUT2D eigenvalue weighted by atomic mass is 10.2. The van der Waals surface area contributed by atoms with Crippen molar-refractivity contribution in [3.8, 4) is 0 Å². The molecule has 0 bridgehead atoms. The van der Waals surface area contributed by atoms with E-state index in [0.29, 0.717) is 6.42 Å². The molecule has 0 N–H and O–H groups in total. The molecule has 0 aromatic rings. The van der Waals surface area contributed by atoms with Crippen LogP contribution in [0.15, 0.2) is 60.8 Å². The van der Waals surface area contributed by atoms with E-state index in [4.69, 9.17) is 4.79 Å². The van der Waals surface area contributed by atoms with Gasteiger partial charge in [-0.2, -0.15) is 0 Å². The Morgan fingerprint density at radius 1 is 0.840 bits per heavy atom. The zero-order chi connectivity index (χ0) is 18.9. The fourth-order valence-corrected chi connectivity index (χ4v) is 1.18. The maximum Gasteiger partial charge on any atom is 0.330 e. The van der Waals surface area contributed by atoms with Gasteiger partial charge in [-0.15, -0.1) is 0 Å².